The number of carboxylic acid groups (broad SMARTS) is 1. The van der Waals surface area contributed by atoms with E-state index in [1.165, 1.54) is 0 Å². The number of fused-ring (bicyclic) bond motifs is 3. The van der Waals surface area contributed by atoms with Crippen LogP contribution in [0.15, 0.2) is 48.5 Å². The first kappa shape index (κ1) is 31.4. The molecule has 222 valence electrons. The highest BCUT2D eigenvalue weighted by Gasteiger charge is 2.31. The number of aliphatic carboxylic acids is 1. The number of nitrogens with one attached hydrogen (secondary N) is 3. The number of unbranched alkanes of at least 4 members (excludes halogenated alkanes) is 1. The molecular weight excluding hydrogens is 526 g/mol. The summed E-state index contributed by atoms with van der Waals surface area (Å²) in [6, 6.07) is 13.9. The average Bonchev–Trinajstić information content (AvgIpc) is 3.22. The molecule has 0 aromatic heterocycles. The third-order valence-electron chi connectivity index (χ3n) is 6.77. The summed E-state index contributed by atoms with van der Waals surface area (Å²) in [6.07, 6.45) is -0.184. The molecule has 0 saturated heterocycles. The largest absolute Gasteiger partial charge is 0.480 e. The molecule has 41 heavy (non-hydrogen) atoms. The molecule has 1 unspecified atom stereocenters. The first-order valence-corrected chi connectivity index (χ1v) is 14.0. The summed E-state index contributed by atoms with van der Waals surface area (Å²) in [5, 5.41) is 17.4. The second-order valence-corrected chi connectivity index (χ2v) is 11.5. The zero-order valence-electron chi connectivity index (χ0n) is 24.4. The zero-order chi connectivity index (χ0) is 30.2. The summed E-state index contributed by atoms with van der Waals surface area (Å²) in [6.45, 7) is 9.21. The Morgan fingerprint density at radius 2 is 1.46 bits per heavy atom. The van der Waals surface area contributed by atoms with Crippen molar-refractivity contribution in [2.45, 2.75) is 77.5 Å². The molecule has 0 saturated carbocycles. The Bertz CT molecular complexity index is 1190. The van der Waals surface area contributed by atoms with E-state index >= 15 is 0 Å². The van der Waals surface area contributed by atoms with Crippen LogP contribution in [-0.2, 0) is 19.1 Å². The number of alkyl carbamates (subject to hydrolysis) is 2. The molecule has 10 nitrogen and oxygen atoms in total. The lowest BCUT2D eigenvalue weighted by Crippen LogP contribution is -2.53. The highest BCUT2D eigenvalue weighted by molar-refractivity contribution is 5.89. The standard InChI is InChI=1S/C31H41N3O7/c1-19(2)26(27(35)33-25(28(36)37)16-10-11-17-32-29(38)41-31(3,4)5)34-30(39)40-18-24-22-14-8-6-12-20(22)21-13-7-9-15-23(21)24/h6-9,12-15,19,24-26H,10-11,16-18H2,1-5H3,(H,32,38)(H,33,35)(H,34,39)(H,36,37)/t25?,26-/m0/s1. The second kappa shape index (κ2) is 14.0. The molecule has 2 aromatic carbocycles. The van der Waals surface area contributed by atoms with Gasteiger partial charge in [0.1, 0.15) is 24.3 Å². The van der Waals surface area contributed by atoms with Gasteiger partial charge in [0, 0.05) is 12.5 Å². The van der Waals surface area contributed by atoms with E-state index in [4.69, 9.17) is 9.47 Å². The first-order valence-electron chi connectivity index (χ1n) is 14.0. The quantitative estimate of drug-likeness (QED) is 0.270. The monoisotopic (exact) mass is 567 g/mol. The predicted molar refractivity (Wildman–Crippen MR) is 154 cm³/mol. The van der Waals surface area contributed by atoms with Crippen molar-refractivity contribution in [3.63, 3.8) is 0 Å². The summed E-state index contributed by atoms with van der Waals surface area (Å²) in [5.74, 6) is -2.22. The van der Waals surface area contributed by atoms with Crippen LogP contribution in [0.4, 0.5) is 9.59 Å². The second-order valence-electron chi connectivity index (χ2n) is 11.5. The molecule has 0 spiro atoms. The molecule has 1 aliphatic carbocycles. The maximum Gasteiger partial charge on any atom is 0.407 e. The smallest absolute Gasteiger partial charge is 0.407 e. The number of carbonyl (C=O) groups excluding carboxylic acids is 3. The fraction of sp³-hybridized carbons (Fsp3) is 0.484. The van der Waals surface area contributed by atoms with Crippen molar-refractivity contribution in [1.29, 1.82) is 0 Å². The fourth-order valence-corrected chi connectivity index (χ4v) is 4.80. The molecule has 0 bridgehead atoms. The Balaban J connectivity index is 1.50. The molecule has 3 amide bonds. The molecule has 1 aliphatic rings. The van der Waals surface area contributed by atoms with Gasteiger partial charge in [-0.05, 0) is 68.2 Å². The number of amides is 3. The van der Waals surface area contributed by atoms with Crippen LogP contribution in [0.2, 0.25) is 0 Å². The Kier molecular flexibility index (Phi) is 10.7. The maximum absolute atomic E-state index is 13.0. The molecule has 0 aliphatic heterocycles. The molecule has 0 radical (unpaired) electrons. The molecule has 3 rings (SSSR count). The van der Waals surface area contributed by atoms with Crippen molar-refractivity contribution in [1.82, 2.24) is 16.0 Å². The topological polar surface area (TPSA) is 143 Å². The molecule has 2 atom stereocenters. The van der Waals surface area contributed by atoms with E-state index < -0.39 is 41.7 Å². The van der Waals surface area contributed by atoms with E-state index in [1.54, 1.807) is 34.6 Å². The van der Waals surface area contributed by atoms with E-state index in [9.17, 15) is 24.3 Å². The maximum atomic E-state index is 13.0. The van der Waals surface area contributed by atoms with Crippen LogP contribution in [0.25, 0.3) is 11.1 Å². The molecule has 4 N–H and O–H groups in total. The number of ether oxygens (including phenoxy) is 2. The SMILES string of the molecule is CC(C)[C@H](NC(=O)OCC1c2ccccc2-c2ccccc21)C(=O)NC(CCCCNC(=O)OC(C)(C)C)C(=O)O. The van der Waals surface area contributed by atoms with Gasteiger partial charge in [0.15, 0.2) is 0 Å². The number of carboxylic acids is 1. The van der Waals surface area contributed by atoms with Gasteiger partial charge in [-0.15, -0.1) is 0 Å². The lowest BCUT2D eigenvalue weighted by molar-refractivity contribution is -0.142. The highest BCUT2D eigenvalue weighted by atomic mass is 16.6. The number of carbonyl (C=O) groups is 4. The summed E-state index contributed by atoms with van der Waals surface area (Å²) >= 11 is 0. The molecule has 0 fully saturated rings. The van der Waals surface area contributed by atoms with Gasteiger partial charge >= 0.3 is 18.2 Å². The van der Waals surface area contributed by atoms with Crippen LogP contribution >= 0.6 is 0 Å². The third-order valence-corrected chi connectivity index (χ3v) is 6.77. The van der Waals surface area contributed by atoms with Gasteiger partial charge in [0.2, 0.25) is 5.91 Å². The predicted octanol–water partition coefficient (Wildman–Crippen LogP) is 4.81. The van der Waals surface area contributed by atoms with E-state index in [0.717, 1.165) is 22.3 Å². The third kappa shape index (κ3) is 8.96. The highest BCUT2D eigenvalue weighted by Crippen LogP contribution is 2.44. The van der Waals surface area contributed by atoms with Crippen molar-refractivity contribution in [3.05, 3.63) is 59.7 Å². The van der Waals surface area contributed by atoms with Crippen molar-refractivity contribution < 1.29 is 33.8 Å². The summed E-state index contributed by atoms with van der Waals surface area (Å²) in [5.41, 5.74) is 3.76. The van der Waals surface area contributed by atoms with Crippen molar-refractivity contribution in [2.24, 2.45) is 5.92 Å². The Morgan fingerprint density at radius 1 is 0.878 bits per heavy atom. The number of hydrogen-bond acceptors (Lipinski definition) is 6. The van der Waals surface area contributed by atoms with Crippen LogP contribution in [0.5, 0.6) is 0 Å². The normalized spacial score (nSPS) is 13.9. The Labute approximate surface area is 241 Å². The van der Waals surface area contributed by atoms with Crippen molar-refractivity contribution in [2.75, 3.05) is 13.2 Å². The van der Waals surface area contributed by atoms with Gasteiger partial charge in [0.05, 0.1) is 0 Å². The van der Waals surface area contributed by atoms with Gasteiger partial charge in [0.25, 0.3) is 0 Å². The van der Waals surface area contributed by atoms with Gasteiger partial charge in [-0.25, -0.2) is 14.4 Å². The zero-order valence-corrected chi connectivity index (χ0v) is 24.4. The minimum absolute atomic E-state index is 0.0986. The number of rotatable bonds is 12. The van der Waals surface area contributed by atoms with E-state index in [-0.39, 0.29) is 24.9 Å². The first-order chi connectivity index (χ1) is 19.4. The summed E-state index contributed by atoms with van der Waals surface area (Å²) < 4.78 is 10.7. The fourth-order valence-electron chi connectivity index (χ4n) is 4.80. The molecule has 10 heteroatoms. The van der Waals surface area contributed by atoms with E-state index in [2.05, 4.69) is 16.0 Å². The molecule has 2 aromatic rings. The summed E-state index contributed by atoms with van der Waals surface area (Å²) in [7, 11) is 0. The van der Waals surface area contributed by atoms with E-state index in [1.807, 2.05) is 48.5 Å². The van der Waals surface area contributed by atoms with Crippen LogP contribution in [0.1, 0.15) is 70.9 Å². The number of hydrogen-bond donors (Lipinski definition) is 4. The minimum Gasteiger partial charge on any atom is -0.480 e. The van der Waals surface area contributed by atoms with Gasteiger partial charge in [-0.2, -0.15) is 0 Å². The molecule has 0 heterocycles. The van der Waals surface area contributed by atoms with Crippen LogP contribution in [-0.4, -0.2) is 60.0 Å². The van der Waals surface area contributed by atoms with Gasteiger partial charge in [-0.3, -0.25) is 4.79 Å². The van der Waals surface area contributed by atoms with Gasteiger partial charge in [-0.1, -0.05) is 62.4 Å². The van der Waals surface area contributed by atoms with E-state index in [0.29, 0.717) is 19.4 Å². The lowest BCUT2D eigenvalue weighted by Gasteiger charge is -2.24. The Hall–Kier alpha value is -4.08. The molecular formula is C31H41N3O7. The Morgan fingerprint density at radius 3 is 2.00 bits per heavy atom. The lowest BCUT2D eigenvalue weighted by atomic mass is 9.98. The van der Waals surface area contributed by atoms with Crippen LogP contribution in [0, 0.1) is 5.92 Å². The van der Waals surface area contributed by atoms with Crippen LogP contribution in [0.3, 0.4) is 0 Å². The van der Waals surface area contributed by atoms with Crippen LogP contribution < -0.4 is 16.0 Å². The van der Waals surface area contributed by atoms with Gasteiger partial charge < -0.3 is 30.5 Å². The number of benzene rings is 2. The average molecular weight is 568 g/mol. The van der Waals surface area contributed by atoms with Crippen molar-refractivity contribution >= 4 is 24.1 Å². The minimum atomic E-state index is -1.18. The summed E-state index contributed by atoms with van der Waals surface area (Å²) in [4.78, 5) is 49.3. The van der Waals surface area contributed by atoms with Crippen molar-refractivity contribution in [3.8, 4) is 11.1 Å².